The first-order chi connectivity index (χ1) is 10.5. The molecular weight excluding hydrogens is 376 g/mol. The van der Waals surface area contributed by atoms with Crippen molar-refractivity contribution in [2.45, 2.75) is 0 Å². The number of rotatable bonds is 2. The highest BCUT2D eigenvalue weighted by Gasteiger charge is 2.16. The maximum Gasteiger partial charge on any atom is 0.347 e. The number of nitro benzene ring substituents is 1. The van der Waals surface area contributed by atoms with Crippen molar-refractivity contribution >= 4 is 44.1 Å². The molecule has 22 heavy (non-hydrogen) atoms. The Hall–Kier alpha value is -2.25. The Balaban J connectivity index is 2.27. The Morgan fingerprint density at radius 3 is 2.73 bits per heavy atom. The minimum Gasteiger partial charge on any atom is -0.403 e. The largest absolute Gasteiger partial charge is 0.403 e. The Morgan fingerprint density at radius 2 is 2.00 bits per heavy atom. The second-order valence-corrected chi connectivity index (χ2v) is 5.71. The van der Waals surface area contributed by atoms with E-state index in [1.54, 1.807) is 18.2 Å². The molecule has 0 radical (unpaired) electrons. The fraction of sp³-hybridized carbons (Fsp3) is 0. The Bertz CT molecular complexity index is 971. The van der Waals surface area contributed by atoms with Gasteiger partial charge in [-0.3, -0.25) is 10.1 Å². The van der Waals surface area contributed by atoms with Crippen molar-refractivity contribution in [3.05, 3.63) is 66.4 Å². The summed E-state index contributed by atoms with van der Waals surface area (Å²) in [5, 5.41) is 11.4. The van der Waals surface area contributed by atoms with Crippen LogP contribution in [0.3, 0.4) is 0 Å². The van der Waals surface area contributed by atoms with Crippen LogP contribution in [0.4, 0.5) is 5.69 Å². The molecule has 3 aromatic rings. The van der Waals surface area contributed by atoms with Crippen molar-refractivity contribution in [1.29, 1.82) is 0 Å². The highest BCUT2D eigenvalue weighted by atomic mass is 79.9. The maximum absolute atomic E-state index is 12.1. The molecule has 0 aliphatic heterocycles. The summed E-state index contributed by atoms with van der Waals surface area (Å²) in [5.74, 6) is -0.0616. The molecule has 0 atom stereocenters. The van der Waals surface area contributed by atoms with Gasteiger partial charge in [-0.25, -0.2) is 9.78 Å². The van der Waals surface area contributed by atoms with Crippen molar-refractivity contribution < 1.29 is 9.34 Å². The van der Waals surface area contributed by atoms with Crippen molar-refractivity contribution in [3.63, 3.8) is 0 Å². The van der Waals surface area contributed by atoms with Gasteiger partial charge in [-0.05, 0) is 24.3 Å². The molecule has 0 N–H and O–H groups in total. The van der Waals surface area contributed by atoms with Gasteiger partial charge in [0, 0.05) is 16.6 Å². The lowest BCUT2D eigenvalue weighted by molar-refractivity contribution is -0.384. The summed E-state index contributed by atoms with van der Waals surface area (Å²) in [6.45, 7) is 0. The first-order valence-corrected chi connectivity index (χ1v) is 7.17. The van der Waals surface area contributed by atoms with Gasteiger partial charge in [0.05, 0.1) is 26.4 Å². The zero-order valence-corrected chi connectivity index (χ0v) is 13.1. The van der Waals surface area contributed by atoms with Crippen LogP contribution in [-0.4, -0.2) is 9.91 Å². The van der Waals surface area contributed by atoms with Gasteiger partial charge in [-0.2, -0.15) is 0 Å². The van der Waals surface area contributed by atoms with E-state index in [9.17, 15) is 14.9 Å². The van der Waals surface area contributed by atoms with E-state index in [0.717, 1.165) is 4.47 Å². The van der Waals surface area contributed by atoms with Crippen LogP contribution in [0.15, 0.2) is 50.1 Å². The third kappa shape index (κ3) is 2.60. The van der Waals surface area contributed by atoms with Gasteiger partial charge in [0.2, 0.25) is 5.89 Å². The molecule has 1 aromatic heterocycles. The molecule has 2 aromatic carbocycles. The Kier molecular flexibility index (Phi) is 3.67. The molecular formula is C14H6BrClN2O4. The second-order valence-electron chi connectivity index (χ2n) is 4.39. The molecule has 1 heterocycles. The predicted molar refractivity (Wildman–Crippen MR) is 85.1 cm³/mol. The van der Waals surface area contributed by atoms with E-state index >= 15 is 0 Å². The monoisotopic (exact) mass is 380 g/mol. The van der Waals surface area contributed by atoms with E-state index in [1.165, 1.54) is 18.2 Å². The number of aromatic nitrogens is 1. The zero-order valence-electron chi connectivity index (χ0n) is 10.7. The summed E-state index contributed by atoms with van der Waals surface area (Å²) in [6.07, 6.45) is 0. The molecule has 0 saturated heterocycles. The third-order valence-electron chi connectivity index (χ3n) is 2.98. The first-order valence-electron chi connectivity index (χ1n) is 6.00. The number of benzene rings is 2. The third-order valence-corrected chi connectivity index (χ3v) is 3.80. The lowest BCUT2D eigenvalue weighted by Crippen LogP contribution is -2.03. The zero-order chi connectivity index (χ0) is 15.9. The molecule has 0 aliphatic carbocycles. The van der Waals surface area contributed by atoms with Crippen LogP contribution in [0.2, 0.25) is 5.02 Å². The van der Waals surface area contributed by atoms with E-state index in [-0.39, 0.29) is 22.2 Å². The highest BCUT2D eigenvalue weighted by molar-refractivity contribution is 9.10. The predicted octanol–water partition coefficient (Wildman–Crippen LogP) is 4.18. The summed E-state index contributed by atoms with van der Waals surface area (Å²) in [7, 11) is 0. The molecule has 3 rings (SSSR count). The molecule has 6 nitrogen and oxygen atoms in total. The number of nitrogens with zero attached hydrogens (tertiary/aromatic N) is 2. The fourth-order valence-corrected chi connectivity index (χ4v) is 2.51. The van der Waals surface area contributed by atoms with E-state index in [2.05, 4.69) is 20.9 Å². The number of nitro groups is 1. The molecule has 0 amide bonds. The van der Waals surface area contributed by atoms with Crippen LogP contribution in [0.1, 0.15) is 0 Å². The van der Waals surface area contributed by atoms with Gasteiger partial charge in [0.15, 0.2) is 0 Å². The molecule has 0 unspecified atom stereocenters. The first kappa shape index (κ1) is 14.7. The topological polar surface area (TPSA) is 86.2 Å². The molecule has 0 spiro atoms. The lowest BCUT2D eigenvalue weighted by Gasteiger charge is -2.04. The number of halogens is 2. The van der Waals surface area contributed by atoms with Crippen molar-refractivity contribution in [3.8, 4) is 11.5 Å². The Morgan fingerprint density at radius 1 is 1.23 bits per heavy atom. The normalized spacial score (nSPS) is 10.8. The van der Waals surface area contributed by atoms with Gasteiger partial charge in [-0.1, -0.05) is 27.5 Å². The molecule has 0 saturated carbocycles. The smallest absolute Gasteiger partial charge is 0.347 e. The second kappa shape index (κ2) is 5.51. The van der Waals surface area contributed by atoms with Gasteiger partial charge < -0.3 is 4.42 Å². The standard InChI is InChI=1S/C14H6BrClN2O4/c15-7-1-4-12-10(5-7)14(19)22-13(17-12)9-6-8(18(20)21)2-3-11(9)16/h1-6H. The highest BCUT2D eigenvalue weighted by Crippen LogP contribution is 2.30. The number of hydrogen-bond donors (Lipinski definition) is 0. The molecule has 0 aliphatic rings. The van der Waals surface area contributed by atoms with Gasteiger partial charge in [0.25, 0.3) is 5.69 Å². The summed E-state index contributed by atoms with van der Waals surface area (Å²) >= 11 is 9.29. The average Bonchev–Trinajstić information content (AvgIpc) is 2.48. The van der Waals surface area contributed by atoms with Crippen LogP contribution >= 0.6 is 27.5 Å². The molecule has 0 fully saturated rings. The van der Waals surface area contributed by atoms with E-state index < -0.39 is 10.5 Å². The van der Waals surface area contributed by atoms with Crippen LogP contribution < -0.4 is 5.63 Å². The van der Waals surface area contributed by atoms with Crippen molar-refractivity contribution in [2.75, 3.05) is 0 Å². The van der Waals surface area contributed by atoms with Crippen LogP contribution in [0.5, 0.6) is 0 Å². The van der Waals surface area contributed by atoms with Crippen LogP contribution in [0, 0.1) is 10.1 Å². The minimum atomic E-state index is -0.594. The van der Waals surface area contributed by atoms with Crippen LogP contribution in [0.25, 0.3) is 22.4 Å². The van der Waals surface area contributed by atoms with Crippen LogP contribution in [-0.2, 0) is 0 Å². The van der Waals surface area contributed by atoms with Gasteiger partial charge in [0.1, 0.15) is 0 Å². The average molecular weight is 382 g/mol. The molecule has 8 heteroatoms. The van der Waals surface area contributed by atoms with Gasteiger partial charge in [-0.15, -0.1) is 0 Å². The summed E-state index contributed by atoms with van der Waals surface area (Å²) in [4.78, 5) is 26.6. The number of non-ortho nitro benzene ring substituents is 1. The number of hydrogen-bond acceptors (Lipinski definition) is 5. The van der Waals surface area contributed by atoms with Crippen molar-refractivity contribution in [2.24, 2.45) is 0 Å². The summed E-state index contributed by atoms with van der Waals surface area (Å²) < 4.78 is 5.87. The fourth-order valence-electron chi connectivity index (χ4n) is 1.95. The summed E-state index contributed by atoms with van der Waals surface area (Å²) in [6, 6.07) is 8.81. The minimum absolute atomic E-state index is 0.0616. The van der Waals surface area contributed by atoms with Gasteiger partial charge >= 0.3 is 5.63 Å². The number of fused-ring (bicyclic) bond motifs is 1. The summed E-state index contributed by atoms with van der Waals surface area (Å²) in [5.41, 5.74) is -0.154. The Labute approximate surface area is 136 Å². The molecule has 0 bridgehead atoms. The van der Waals surface area contributed by atoms with E-state index in [0.29, 0.717) is 10.9 Å². The quantitative estimate of drug-likeness (QED) is 0.491. The SMILES string of the molecule is O=c1oc(-c2cc([N+](=O)[O-])ccc2Cl)nc2ccc(Br)cc12. The maximum atomic E-state index is 12.1. The molecule has 110 valence electrons. The van der Waals surface area contributed by atoms with E-state index in [4.69, 9.17) is 16.0 Å². The lowest BCUT2D eigenvalue weighted by atomic mass is 10.2. The van der Waals surface area contributed by atoms with E-state index in [1.807, 2.05) is 0 Å². The van der Waals surface area contributed by atoms with Crippen molar-refractivity contribution in [1.82, 2.24) is 4.98 Å².